The summed E-state index contributed by atoms with van der Waals surface area (Å²) >= 11 is 0. The van der Waals surface area contributed by atoms with Gasteiger partial charge in [-0.25, -0.2) is 0 Å². The standard InChI is InChI=1S/C24H32N2O3/c1-17-7-5-6-8-20(17)16-26-13-11-19(12-14-26)24(27)25-18(2)22-15-21(28-3)9-10-23(22)29-4/h5-10,15,18-19H,11-14,16H2,1-4H3,(H,25,27). The fourth-order valence-corrected chi connectivity index (χ4v) is 3.97. The Balaban J connectivity index is 1.55. The quantitative estimate of drug-likeness (QED) is 0.765. The highest BCUT2D eigenvalue weighted by Crippen LogP contribution is 2.30. The number of likely N-dealkylation sites (tertiary alicyclic amines) is 1. The van der Waals surface area contributed by atoms with E-state index < -0.39 is 0 Å². The highest BCUT2D eigenvalue weighted by atomic mass is 16.5. The zero-order valence-electron chi connectivity index (χ0n) is 17.9. The maximum absolute atomic E-state index is 12.9. The number of amides is 1. The number of carbonyl (C=O) groups excluding carboxylic acids is 1. The van der Waals surface area contributed by atoms with Crippen LogP contribution in [0, 0.1) is 12.8 Å². The molecule has 1 N–H and O–H groups in total. The van der Waals surface area contributed by atoms with E-state index in [4.69, 9.17) is 9.47 Å². The van der Waals surface area contributed by atoms with Gasteiger partial charge in [-0.05, 0) is 69.1 Å². The van der Waals surface area contributed by atoms with E-state index in [9.17, 15) is 4.79 Å². The lowest BCUT2D eigenvalue weighted by Gasteiger charge is -2.32. The Bertz CT molecular complexity index is 829. The molecule has 1 unspecified atom stereocenters. The predicted octanol–water partition coefficient (Wildman–Crippen LogP) is 4.10. The van der Waals surface area contributed by atoms with E-state index in [0.29, 0.717) is 0 Å². The summed E-state index contributed by atoms with van der Waals surface area (Å²) in [6, 6.07) is 14.0. The zero-order valence-corrected chi connectivity index (χ0v) is 17.9. The van der Waals surface area contributed by atoms with Gasteiger partial charge in [0.1, 0.15) is 11.5 Å². The van der Waals surface area contributed by atoms with Crippen molar-refractivity contribution in [3.05, 3.63) is 59.2 Å². The molecular weight excluding hydrogens is 364 g/mol. The molecule has 1 atom stereocenters. The van der Waals surface area contributed by atoms with Gasteiger partial charge in [0.2, 0.25) is 5.91 Å². The van der Waals surface area contributed by atoms with Crippen LogP contribution in [0.5, 0.6) is 11.5 Å². The van der Waals surface area contributed by atoms with Crippen molar-refractivity contribution in [2.24, 2.45) is 5.92 Å². The molecule has 2 aromatic carbocycles. The Labute approximate surface area is 174 Å². The average molecular weight is 397 g/mol. The summed E-state index contributed by atoms with van der Waals surface area (Å²) in [7, 11) is 3.28. The van der Waals surface area contributed by atoms with Gasteiger partial charge in [0, 0.05) is 18.0 Å². The van der Waals surface area contributed by atoms with Crippen LogP contribution < -0.4 is 14.8 Å². The third-order valence-electron chi connectivity index (χ3n) is 5.88. The molecule has 1 aliphatic rings. The monoisotopic (exact) mass is 396 g/mol. The van der Waals surface area contributed by atoms with Gasteiger partial charge in [0.15, 0.2) is 0 Å². The number of hydrogen-bond acceptors (Lipinski definition) is 4. The summed E-state index contributed by atoms with van der Waals surface area (Å²) in [5.41, 5.74) is 3.62. The van der Waals surface area contributed by atoms with Crippen molar-refractivity contribution in [1.82, 2.24) is 10.2 Å². The lowest BCUT2D eigenvalue weighted by molar-refractivity contribution is -0.127. The summed E-state index contributed by atoms with van der Waals surface area (Å²) in [4.78, 5) is 15.3. The third kappa shape index (κ3) is 5.30. The minimum absolute atomic E-state index is 0.0576. The van der Waals surface area contributed by atoms with Crippen molar-refractivity contribution < 1.29 is 14.3 Å². The third-order valence-corrected chi connectivity index (χ3v) is 5.88. The van der Waals surface area contributed by atoms with Crippen LogP contribution in [-0.4, -0.2) is 38.1 Å². The Morgan fingerprint density at radius 2 is 1.86 bits per heavy atom. The first-order valence-electron chi connectivity index (χ1n) is 10.3. The van der Waals surface area contributed by atoms with Crippen LogP contribution in [0.25, 0.3) is 0 Å². The minimum Gasteiger partial charge on any atom is -0.497 e. The van der Waals surface area contributed by atoms with Gasteiger partial charge < -0.3 is 14.8 Å². The van der Waals surface area contributed by atoms with Gasteiger partial charge in [0.25, 0.3) is 0 Å². The number of aryl methyl sites for hydroxylation is 1. The molecule has 0 saturated carbocycles. The zero-order chi connectivity index (χ0) is 20.8. The molecule has 3 rings (SSSR count). The van der Waals surface area contributed by atoms with E-state index >= 15 is 0 Å². The number of nitrogens with one attached hydrogen (secondary N) is 1. The number of nitrogens with zero attached hydrogens (tertiary/aromatic N) is 1. The Morgan fingerprint density at radius 1 is 1.14 bits per heavy atom. The Kier molecular flexibility index (Phi) is 7.15. The molecule has 1 amide bonds. The van der Waals surface area contributed by atoms with Crippen molar-refractivity contribution in [2.75, 3.05) is 27.3 Å². The maximum Gasteiger partial charge on any atom is 0.223 e. The maximum atomic E-state index is 12.9. The molecule has 2 aromatic rings. The molecule has 5 nitrogen and oxygen atoms in total. The number of carbonyl (C=O) groups is 1. The molecule has 0 spiro atoms. The normalized spacial score (nSPS) is 16.3. The number of piperidine rings is 1. The SMILES string of the molecule is COc1ccc(OC)c(C(C)NC(=O)C2CCN(Cc3ccccc3C)CC2)c1. The van der Waals surface area contributed by atoms with Crippen LogP contribution in [0.3, 0.4) is 0 Å². The van der Waals surface area contributed by atoms with Gasteiger partial charge >= 0.3 is 0 Å². The summed E-state index contributed by atoms with van der Waals surface area (Å²) in [6.45, 7) is 7.00. The highest BCUT2D eigenvalue weighted by Gasteiger charge is 2.26. The van der Waals surface area contributed by atoms with E-state index in [2.05, 4.69) is 41.4 Å². The van der Waals surface area contributed by atoms with Crippen molar-refractivity contribution in [3.8, 4) is 11.5 Å². The first-order chi connectivity index (χ1) is 14.0. The van der Waals surface area contributed by atoms with E-state index in [0.717, 1.165) is 49.5 Å². The number of hydrogen-bond donors (Lipinski definition) is 1. The van der Waals surface area contributed by atoms with E-state index in [1.807, 2.05) is 25.1 Å². The molecule has 1 saturated heterocycles. The molecule has 1 fully saturated rings. The highest BCUT2D eigenvalue weighted by molar-refractivity contribution is 5.79. The van der Waals surface area contributed by atoms with Gasteiger partial charge in [0.05, 0.1) is 20.3 Å². The average Bonchev–Trinajstić information content (AvgIpc) is 2.75. The second kappa shape index (κ2) is 9.79. The van der Waals surface area contributed by atoms with Crippen LogP contribution in [-0.2, 0) is 11.3 Å². The van der Waals surface area contributed by atoms with Crippen LogP contribution in [0.2, 0.25) is 0 Å². The van der Waals surface area contributed by atoms with Gasteiger partial charge in [-0.2, -0.15) is 0 Å². The van der Waals surface area contributed by atoms with Crippen LogP contribution in [0.1, 0.15) is 42.5 Å². The van der Waals surface area contributed by atoms with Gasteiger partial charge in [-0.1, -0.05) is 24.3 Å². The molecular formula is C24H32N2O3. The summed E-state index contributed by atoms with van der Waals surface area (Å²) in [6.07, 6.45) is 1.78. The van der Waals surface area contributed by atoms with Crippen molar-refractivity contribution in [1.29, 1.82) is 0 Å². The summed E-state index contributed by atoms with van der Waals surface area (Å²) < 4.78 is 10.8. The lowest BCUT2D eigenvalue weighted by Crippen LogP contribution is -2.41. The molecule has 29 heavy (non-hydrogen) atoms. The second-order valence-corrected chi connectivity index (χ2v) is 7.82. The van der Waals surface area contributed by atoms with Gasteiger partial charge in [-0.3, -0.25) is 9.69 Å². The van der Waals surface area contributed by atoms with E-state index in [1.54, 1.807) is 14.2 Å². The van der Waals surface area contributed by atoms with E-state index in [1.165, 1.54) is 11.1 Å². The summed E-state index contributed by atoms with van der Waals surface area (Å²) in [5, 5.41) is 3.17. The van der Waals surface area contributed by atoms with Crippen molar-refractivity contribution in [3.63, 3.8) is 0 Å². The molecule has 5 heteroatoms. The molecule has 0 aliphatic carbocycles. The van der Waals surface area contributed by atoms with Crippen molar-refractivity contribution >= 4 is 5.91 Å². The first-order valence-corrected chi connectivity index (χ1v) is 10.3. The fraction of sp³-hybridized carbons (Fsp3) is 0.458. The molecule has 0 aromatic heterocycles. The molecule has 1 heterocycles. The number of benzene rings is 2. The Hall–Kier alpha value is -2.53. The predicted molar refractivity (Wildman–Crippen MR) is 115 cm³/mol. The largest absolute Gasteiger partial charge is 0.497 e. The smallest absolute Gasteiger partial charge is 0.223 e. The van der Waals surface area contributed by atoms with Crippen LogP contribution >= 0.6 is 0 Å². The van der Waals surface area contributed by atoms with Crippen LogP contribution in [0.15, 0.2) is 42.5 Å². The number of methoxy groups -OCH3 is 2. The molecule has 156 valence electrons. The van der Waals surface area contributed by atoms with Crippen LogP contribution in [0.4, 0.5) is 0 Å². The number of ether oxygens (including phenoxy) is 2. The number of rotatable bonds is 7. The molecule has 0 bridgehead atoms. The van der Waals surface area contributed by atoms with Crippen molar-refractivity contribution in [2.45, 2.75) is 39.3 Å². The lowest BCUT2D eigenvalue weighted by atomic mass is 9.94. The molecule has 0 radical (unpaired) electrons. The second-order valence-electron chi connectivity index (χ2n) is 7.82. The topological polar surface area (TPSA) is 50.8 Å². The van der Waals surface area contributed by atoms with Gasteiger partial charge in [-0.15, -0.1) is 0 Å². The minimum atomic E-state index is -0.141. The fourth-order valence-electron chi connectivity index (χ4n) is 3.97. The molecule has 1 aliphatic heterocycles. The first kappa shape index (κ1) is 21.2. The van der Waals surface area contributed by atoms with E-state index in [-0.39, 0.29) is 17.9 Å². The summed E-state index contributed by atoms with van der Waals surface area (Å²) in [5.74, 6) is 1.69. The Morgan fingerprint density at radius 3 is 2.52 bits per heavy atom.